The molecule has 76 valence electrons. The average Bonchev–Trinajstić information content (AvgIpc) is 2.97. The summed E-state index contributed by atoms with van der Waals surface area (Å²) in [7, 11) is 0. The zero-order chi connectivity index (χ0) is 9.97. The van der Waals surface area contributed by atoms with Gasteiger partial charge in [0.15, 0.2) is 0 Å². The van der Waals surface area contributed by atoms with Crippen molar-refractivity contribution in [1.29, 1.82) is 0 Å². The Bertz CT molecular complexity index is 307. The van der Waals surface area contributed by atoms with Gasteiger partial charge in [-0.15, -0.1) is 0 Å². The summed E-state index contributed by atoms with van der Waals surface area (Å²) in [5.41, 5.74) is 1.36. The molecule has 1 aromatic carbocycles. The van der Waals surface area contributed by atoms with E-state index in [4.69, 9.17) is 0 Å². The van der Waals surface area contributed by atoms with Crippen LogP contribution in [0, 0.1) is 5.92 Å². The Labute approximate surface area is 94.0 Å². The summed E-state index contributed by atoms with van der Waals surface area (Å²) < 4.78 is 1.16. The molecule has 0 saturated heterocycles. The summed E-state index contributed by atoms with van der Waals surface area (Å²) in [4.78, 5) is 0. The molecule has 0 radical (unpaired) electrons. The van der Waals surface area contributed by atoms with Crippen molar-refractivity contribution in [2.45, 2.75) is 25.8 Å². The molecule has 1 aromatic rings. The van der Waals surface area contributed by atoms with Gasteiger partial charge in [-0.1, -0.05) is 28.1 Å². The summed E-state index contributed by atoms with van der Waals surface area (Å²) in [5, 5.41) is 3.57. The molecule has 1 N–H and O–H groups in total. The van der Waals surface area contributed by atoms with Gasteiger partial charge in [0.05, 0.1) is 0 Å². The van der Waals surface area contributed by atoms with Crippen molar-refractivity contribution in [3.8, 4) is 0 Å². The Hall–Kier alpha value is -0.340. The number of hydrogen-bond donors (Lipinski definition) is 1. The lowest BCUT2D eigenvalue weighted by Gasteiger charge is -2.14. The normalized spacial score (nSPS) is 18.1. The van der Waals surface area contributed by atoms with E-state index in [1.54, 1.807) is 0 Å². The smallest absolute Gasteiger partial charge is 0.0292 e. The minimum absolute atomic E-state index is 0.466. The van der Waals surface area contributed by atoms with Crippen molar-refractivity contribution in [2.24, 2.45) is 5.92 Å². The first kappa shape index (κ1) is 10.2. The monoisotopic (exact) mass is 253 g/mol. The molecule has 2 heteroatoms. The van der Waals surface area contributed by atoms with E-state index >= 15 is 0 Å². The molecule has 14 heavy (non-hydrogen) atoms. The summed E-state index contributed by atoms with van der Waals surface area (Å²) in [6.45, 7) is 3.40. The molecule has 1 fully saturated rings. The minimum atomic E-state index is 0.466. The molecule has 0 aromatic heterocycles. The molecule has 1 atom stereocenters. The van der Waals surface area contributed by atoms with Gasteiger partial charge in [-0.2, -0.15) is 0 Å². The fraction of sp³-hybridized carbons (Fsp3) is 0.500. The third-order valence-corrected chi connectivity index (χ3v) is 3.25. The molecule has 0 heterocycles. The Kier molecular flexibility index (Phi) is 3.24. The van der Waals surface area contributed by atoms with Gasteiger partial charge in [0.25, 0.3) is 0 Å². The van der Waals surface area contributed by atoms with Crippen LogP contribution in [0.5, 0.6) is 0 Å². The topological polar surface area (TPSA) is 12.0 Å². The maximum atomic E-state index is 3.57. The number of rotatable bonds is 4. The van der Waals surface area contributed by atoms with Crippen molar-refractivity contribution in [1.82, 2.24) is 5.32 Å². The van der Waals surface area contributed by atoms with Gasteiger partial charge in [0.2, 0.25) is 0 Å². The zero-order valence-electron chi connectivity index (χ0n) is 8.46. The lowest BCUT2D eigenvalue weighted by atomic mass is 10.1. The van der Waals surface area contributed by atoms with Gasteiger partial charge < -0.3 is 5.32 Å². The molecular weight excluding hydrogens is 238 g/mol. The van der Waals surface area contributed by atoms with E-state index in [1.165, 1.54) is 24.9 Å². The fourth-order valence-electron chi connectivity index (χ4n) is 1.56. The van der Waals surface area contributed by atoms with Gasteiger partial charge in [-0.25, -0.2) is 0 Å². The Morgan fingerprint density at radius 1 is 1.50 bits per heavy atom. The van der Waals surface area contributed by atoms with E-state index in [2.05, 4.69) is 52.4 Å². The molecule has 1 saturated carbocycles. The first-order valence-electron chi connectivity index (χ1n) is 5.24. The van der Waals surface area contributed by atoms with Crippen molar-refractivity contribution < 1.29 is 0 Å². The molecule has 1 aliphatic rings. The average molecular weight is 254 g/mol. The van der Waals surface area contributed by atoms with Crippen molar-refractivity contribution in [3.05, 3.63) is 34.3 Å². The van der Waals surface area contributed by atoms with Crippen LogP contribution in [0.15, 0.2) is 28.7 Å². The minimum Gasteiger partial charge on any atom is -0.310 e. The number of benzene rings is 1. The van der Waals surface area contributed by atoms with Crippen molar-refractivity contribution >= 4 is 15.9 Å². The maximum Gasteiger partial charge on any atom is 0.0292 e. The largest absolute Gasteiger partial charge is 0.310 e. The molecule has 0 aliphatic heterocycles. The van der Waals surface area contributed by atoms with E-state index in [9.17, 15) is 0 Å². The summed E-state index contributed by atoms with van der Waals surface area (Å²) in [6.07, 6.45) is 2.83. The van der Waals surface area contributed by atoms with Gasteiger partial charge in [-0.05, 0) is 49.9 Å². The van der Waals surface area contributed by atoms with Crippen LogP contribution in [0.4, 0.5) is 0 Å². The van der Waals surface area contributed by atoms with E-state index in [0.717, 1.165) is 10.4 Å². The second-order valence-corrected chi connectivity index (χ2v) is 5.04. The first-order valence-corrected chi connectivity index (χ1v) is 6.04. The molecule has 1 nitrogen and oxygen atoms in total. The van der Waals surface area contributed by atoms with E-state index in [-0.39, 0.29) is 0 Å². The van der Waals surface area contributed by atoms with Crippen molar-refractivity contribution in [3.63, 3.8) is 0 Å². The Morgan fingerprint density at radius 3 is 2.93 bits per heavy atom. The quantitative estimate of drug-likeness (QED) is 0.866. The SMILES string of the molecule is C[C@@H](NCC1CC1)c1cccc(Br)c1. The Morgan fingerprint density at radius 2 is 2.29 bits per heavy atom. The number of hydrogen-bond acceptors (Lipinski definition) is 1. The van der Waals surface area contributed by atoms with E-state index in [1.807, 2.05) is 0 Å². The third-order valence-electron chi connectivity index (χ3n) is 2.76. The molecular formula is C12H16BrN. The summed E-state index contributed by atoms with van der Waals surface area (Å²) >= 11 is 3.50. The summed E-state index contributed by atoms with van der Waals surface area (Å²) in [6, 6.07) is 8.99. The molecule has 0 spiro atoms. The second-order valence-electron chi connectivity index (χ2n) is 4.13. The van der Waals surface area contributed by atoms with Gasteiger partial charge >= 0.3 is 0 Å². The first-order chi connectivity index (χ1) is 6.75. The Balaban J connectivity index is 1.91. The second kappa shape index (κ2) is 4.45. The van der Waals surface area contributed by atoms with Crippen molar-refractivity contribution in [2.75, 3.05) is 6.54 Å². The third kappa shape index (κ3) is 2.82. The molecule has 2 rings (SSSR count). The van der Waals surface area contributed by atoms with Gasteiger partial charge in [0.1, 0.15) is 0 Å². The van der Waals surface area contributed by atoms with E-state index in [0.29, 0.717) is 6.04 Å². The lowest BCUT2D eigenvalue weighted by molar-refractivity contribution is 0.548. The van der Waals surface area contributed by atoms with Crippen LogP contribution in [0.2, 0.25) is 0 Å². The highest BCUT2D eigenvalue weighted by molar-refractivity contribution is 9.10. The highest BCUT2D eigenvalue weighted by Gasteiger charge is 2.21. The van der Waals surface area contributed by atoms with Crippen LogP contribution in [0.3, 0.4) is 0 Å². The van der Waals surface area contributed by atoms with Gasteiger partial charge in [-0.3, -0.25) is 0 Å². The lowest BCUT2D eigenvalue weighted by Crippen LogP contribution is -2.20. The molecule has 0 unspecified atom stereocenters. The maximum absolute atomic E-state index is 3.57. The number of nitrogens with one attached hydrogen (secondary N) is 1. The molecule has 0 amide bonds. The van der Waals surface area contributed by atoms with Crippen LogP contribution in [0.25, 0.3) is 0 Å². The van der Waals surface area contributed by atoms with Gasteiger partial charge in [0, 0.05) is 10.5 Å². The highest BCUT2D eigenvalue weighted by Crippen LogP contribution is 2.28. The van der Waals surface area contributed by atoms with Crippen LogP contribution in [0.1, 0.15) is 31.4 Å². The van der Waals surface area contributed by atoms with Crippen LogP contribution < -0.4 is 5.32 Å². The zero-order valence-corrected chi connectivity index (χ0v) is 10.0. The fourth-order valence-corrected chi connectivity index (χ4v) is 1.98. The highest BCUT2D eigenvalue weighted by atomic mass is 79.9. The number of halogens is 1. The van der Waals surface area contributed by atoms with E-state index < -0.39 is 0 Å². The van der Waals surface area contributed by atoms with Crippen LogP contribution in [-0.4, -0.2) is 6.54 Å². The predicted octanol–water partition coefficient (Wildman–Crippen LogP) is 3.51. The predicted molar refractivity (Wildman–Crippen MR) is 63.3 cm³/mol. The molecule has 1 aliphatic carbocycles. The molecule has 0 bridgehead atoms. The summed E-state index contributed by atoms with van der Waals surface area (Å²) in [5.74, 6) is 0.949. The van der Waals surface area contributed by atoms with Crippen LogP contribution >= 0.6 is 15.9 Å². The standard InChI is InChI=1S/C12H16BrN/c1-9(14-8-10-5-6-10)11-3-2-4-12(13)7-11/h2-4,7,9-10,14H,5-6,8H2,1H3/t9-/m1/s1. The van der Waals surface area contributed by atoms with Crippen LogP contribution in [-0.2, 0) is 0 Å².